The molecule has 0 fully saturated rings. The lowest BCUT2D eigenvalue weighted by atomic mass is 10.2. The maximum Gasteiger partial charge on any atom is 0.279 e. The van der Waals surface area contributed by atoms with Crippen LogP contribution in [0.1, 0.15) is 33.1 Å². The lowest BCUT2D eigenvalue weighted by Gasteiger charge is -2.08. The van der Waals surface area contributed by atoms with Gasteiger partial charge in [0.2, 0.25) is 0 Å². The molecule has 0 bridgehead atoms. The summed E-state index contributed by atoms with van der Waals surface area (Å²) in [4.78, 5) is 12.9. The Kier molecular flexibility index (Phi) is 6.67. The molecule has 1 N–H and O–H groups in total. The predicted molar refractivity (Wildman–Crippen MR) is 122 cm³/mol. The van der Waals surface area contributed by atoms with E-state index in [2.05, 4.69) is 15.6 Å². The van der Waals surface area contributed by atoms with Crippen molar-refractivity contribution >= 4 is 34.9 Å². The van der Waals surface area contributed by atoms with Gasteiger partial charge in [0.05, 0.1) is 12.1 Å². The summed E-state index contributed by atoms with van der Waals surface area (Å²) in [6, 6.07) is 13.0. The molecule has 0 spiro atoms. The number of nitrogens with one attached hydrogen (secondary N) is 1. The zero-order chi connectivity index (χ0) is 23.5. The molecule has 33 heavy (non-hydrogen) atoms. The topological polar surface area (TPSA) is 82.2 Å². The first-order valence-electron chi connectivity index (χ1n) is 9.94. The summed E-state index contributed by atoms with van der Waals surface area (Å²) < 4.78 is 26.6. The highest BCUT2D eigenvalue weighted by Gasteiger charge is 2.22. The lowest BCUT2D eigenvalue weighted by molar-refractivity contribution is 0.101. The molecule has 1 amide bonds. The van der Waals surface area contributed by atoms with Crippen molar-refractivity contribution in [2.24, 2.45) is 0 Å². The fourth-order valence-corrected chi connectivity index (χ4v) is 3.51. The van der Waals surface area contributed by atoms with Crippen molar-refractivity contribution in [3.63, 3.8) is 0 Å². The van der Waals surface area contributed by atoms with E-state index in [0.717, 1.165) is 0 Å². The fraction of sp³-hybridized carbons (Fsp3) is 0.174. The van der Waals surface area contributed by atoms with Crippen LogP contribution in [0.3, 0.4) is 0 Å². The van der Waals surface area contributed by atoms with Crippen LogP contribution in [0.2, 0.25) is 10.0 Å². The number of amides is 1. The molecule has 0 aliphatic heterocycles. The van der Waals surface area contributed by atoms with E-state index in [1.54, 1.807) is 54.9 Å². The molecule has 0 saturated heterocycles. The monoisotopic (exact) mass is 488 g/mol. The van der Waals surface area contributed by atoms with Crippen molar-refractivity contribution in [3.05, 3.63) is 92.7 Å². The van der Waals surface area contributed by atoms with Crippen molar-refractivity contribution in [1.82, 2.24) is 14.9 Å². The first-order valence-corrected chi connectivity index (χ1v) is 10.7. The molecule has 7 nitrogen and oxygen atoms in total. The molecule has 4 aromatic rings. The number of nitrogens with zero attached hydrogens (tertiary/aromatic N) is 3. The van der Waals surface area contributed by atoms with Gasteiger partial charge in [-0.2, -0.15) is 5.10 Å². The smallest absolute Gasteiger partial charge is 0.279 e. The van der Waals surface area contributed by atoms with Gasteiger partial charge < -0.3 is 14.6 Å². The summed E-state index contributed by atoms with van der Waals surface area (Å²) in [7, 11) is 0. The van der Waals surface area contributed by atoms with Crippen molar-refractivity contribution in [1.29, 1.82) is 0 Å². The second kappa shape index (κ2) is 9.64. The lowest BCUT2D eigenvalue weighted by Crippen LogP contribution is -2.16. The Morgan fingerprint density at radius 1 is 1.15 bits per heavy atom. The van der Waals surface area contributed by atoms with Crippen LogP contribution < -0.4 is 10.1 Å². The number of halogens is 3. The van der Waals surface area contributed by atoms with Crippen LogP contribution in [0.4, 0.5) is 10.2 Å². The summed E-state index contributed by atoms with van der Waals surface area (Å²) in [6.07, 6.45) is 0. The third kappa shape index (κ3) is 5.18. The van der Waals surface area contributed by atoms with Crippen LogP contribution >= 0.6 is 23.2 Å². The van der Waals surface area contributed by atoms with Crippen LogP contribution in [0.15, 0.2) is 53.1 Å². The minimum Gasteiger partial charge on any atom is -0.489 e. The molecule has 170 valence electrons. The molecule has 0 radical (unpaired) electrons. The van der Waals surface area contributed by atoms with E-state index in [9.17, 15) is 9.18 Å². The molecule has 0 aliphatic carbocycles. The highest BCUT2D eigenvalue weighted by molar-refractivity contribution is 6.31. The quantitative estimate of drug-likeness (QED) is 0.354. The third-order valence-electron chi connectivity index (χ3n) is 4.99. The van der Waals surface area contributed by atoms with Crippen LogP contribution in [0.25, 0.3) is 0 Å². The molecule has 0 saturated carbocycles. The van der Waals surface area contributed by atoms with Crippen LogP contribution in [-0.2, 0) is 13.2 Å². The molecule has 4 rings (SSSR count). The summed E-state index contributed by atoms with van der Waals surface area (Å²) in [5, 5.41) is 11.8. The Balaban J connectivity index is 1.48. The van der Waals surface area contributed by atoms with Crippen LogP contribution in [0, 0.1) is 19.7 Å². The van der Waals surface area contributed by atoms with Crippen molar-refractivity contribution in [2.75, 3.05) is 5.32 Å². The Bertz CT molecular complexity index is 1280. The van der Waals surface area contributed by atoms with Gasteiger partial charge in [-0.25, -0.2) is 4.39 Å². The largest absolute Gasteiger partial charge is 0.489 e. The average Bonchev–Trinajstić information content (AvgIpc) is 3.32. The van der Waals surface area contributed by atoms with Gasteiger partial charge in [0, 0.05) is 27.4 Å². The zero-order valence-electron chi connectivity index (χ0n) is 17.7. The first-order chi connectivity index (χ1) is 15.8. The Morgan fingerprint density at radius 2 is 1.91 bits per heavy atom. The predicted octanol–water partition coefficient (Wildman–Crippen LogP) is 5.81. The molecule has 0 aliphatic rings. The van der Waals surface area contributed by atoms with Gasteiger partial charge >= 0.3 is 0 Å². The second-order valence-electron chi connectivity index (χ2n) is 7.29. The molecule has 0 unspecified atom stereocenters. The standard InChI is InChI=1S/C23H19Cl2FN4O3/c1-13-10-21(28-30(13)11-17-19(25)4-3-5-20(17)26)27-23(31)22-18(14(2)33-29-22)12-32-16-8-6-15(24)7-9-16/h3-10H,11-12H2,1-2H3,(H,27,28,31). The first kappa shape index (κ1) is 22.8. The molecule has 0 atom stereocenters. The third-order valence-corrected chi connectivity index (χ3v) is 5.60. The normalized spacial score (nSPS) is 10.9. The van der Waals surface area contributed by atoms with Gasteiger partial charge in [-0.1, -0.05) is 34.4 Å². The number of aromatic nitrogens is 3. The van der Waals surface area contributed by atoms with Crippen molar-refractivity contribution < 1.29 is 18.4 Å². The van der Waals surface area contributed by atoms with Gasteiger partial charge in [-0.05, 0) is 50.2 Å². The minimum atomic E-state index is -0.505. The summed E-state index contributed by atoms with van der Waals surface area (Å²) in [6.45, 7) is 3.69. The van der Waals surface area contributed by atoms with Crippen LogP contribution in [-0.4, -0.2) is 20.8 Å². The SMILES string of the molecule is Cc1onc(C(=O)Nc2cc(C)n(Cc3c(F)cccc3Cl)n2)c1COc1ccc(Cl)cc1. The van der Waals surface area contributed by atoms with E-state index in [1.165, 1.54) is 12.1 Å². The van der Waals surface area contributed by atoms with E-state index in [1.807, 2.05) is 0 Å². The number of rotatable bonds is 7. The van der Waals surface area contributed by atoms with Gasteiger partial charge in [0.25, 0.3) is 5.91 Å². The van der Waals surface area contributed by atoms with Crippen molar-refractivity contribution in [3.8, 4) is 5.75 Å². The fourth-order valence-electron chi connectivity index (χ4n) is 3.17. The van der Waals surface area contributed by atoms with E-state index in [-0.39, 0.29) is 24.7 Å². The number of aryl methyl sites for hydroxylation is 2. The molecular formula is C23H19Cl2FN4O3. The molecule has 2 aromatic heterocycles. The van der Waals surface area contributed by atoms with Gasteiger partial charge in [-0.3, -0.25) is 9.48 Å². The molecule has 10 heteroatoms. The number of hydrogen-bond donors (Lipinski definition) is 1. The number of hydrogen-bond acceptors (Lipinski definition) is 5. The van der Waals surface area contributed by atoms with Gasteiger partial charge in [-0.15, -0.1) is 0 Å². The van der Waals surface area contributed by atoms with Gasteiger partial charge in [0.15, 0.2) is 11.5 Å². The minimum absolute atomic E-state index is 0.0823. The van der Waals surface area contributed by atoms with Crippen molar-refractivity contribution in [2.45, 2.75) is 27.0 Å². The number of ether oxygens (including phenoxy) is 1. The second-order valence-corrected chi connectivity index (χ2v) is 8.14. The van der Waals surface area contributed by atoms with Crippen LogP contribution in [0.5, 0.6) is 5.75 Å². The summed E-state index contributed by atoms with van der Waals surface area (Å²) >= 11 is 12.0. The molecule has 2 aromatic carbocycles. The maximum absolute atomic E-state index is 14.1. The van der Waals surface area contributed by atoms with Gasteiger partial charge in [0.1, 0.15) is 23.9 Å². The number of carbonyl (C=O) groups excluding carboxylic acids is 1. The maximum atomic E-state index is 14.1. The highest BCUT2D eigenvalue weighted by atomic mass is 35.5. The number of benzene rings is 2. The molecular weight excluding hydrogens is 470 g/mol. The zero-order valence-corrected chi connectivity index (χ0v) is 19.2. The summed E-state index contributed by atoms with van der Waals surface area (Å²) in [5.41, 5.74) is 1.63. The van der Waals surface area contributed by atoms with E-state index >= 15 is 0 Å². The van der Waals surface area contributed by atoms with E-state index in [4.69, 9.17) is 32.5 Å². The Morgan fingerprint density at radius 3 is 2.64 bits per heavy atom. The highest BCUT2D eigenvalue weighted by Crippen LogP contribution is 2.23. The van der Waals surface area contributed by atoms with E-state index in [0.29, 0.717) is 38.4 Å². The molecule has 2 heterocycles. The number of anilines is 1. The Labute approximate surface area is 199 Å². The number of carbonyl (C=O) groups is 1. The average molecular weight is 489 g/mol. The van der Waals surface area contributed by atoms with E-state index < -0.39 is 11.7 Å². The Hall–Kier alpha value is -3.36. The summed E-state index contributed by atoms with van der Waals surface area (Å²) in [5.74, 6) is 0.411.